The Hall–Kier alpha value is -5.25. The van der Waals surface area contributed by atoms with Gasteiger partial charge in [0.05, 0.1) is 21.7 Å². The minimum absolute atomic E-state index is 0.0482. The van der Waals surface area contributed by atoms with Crippen LogP contribution in [0.3, 0.4) is 0 Å². The number of nitrogens with zero attached hydrogens (tertiary/aromatic N) is 5. The van der Waals surface area contributed by atoms with E-state index in [1.807, 2.05) is 23.1 Å². The minimum Gasteiger partial charge on any atom is -0.489 e. The van der Waals surface area contributed by atoms with Gasteiger partial charge in [0.1, 0.15) is 24.0 Å². The van der Waals surface area contributed by atoms with Crippen LogP contribution in [0.2, 0.25) is 5.02 Å². The summed E-state index contributed by atoms with van der Waals surface area (Å²) in [7, 11) is 0. The smallest absolute Gasteiger partial charge is 0.262 e. The van der Waals surface area contributed by atoms with E-state index in [1.54, 1.807) is 18.2 Å². The van der Waals surface area contributed by atoms with Crippen LogP contribution in [0.4, 0.5) is 5.69 Å². The lowest BCUT2D eigenvalue weighted by atomic mass is 9.49. The van der Waals surface area contributed by atoms with Gasteiger partial charge in [-0.2, -0.15) is 5.26 Å². The predicted molar refractivity (Wildman–Crippen MR) is 211 cm³/mol. The van der Waals surface area contributed by atoms with Gasteiger partial charge in [0.2, 0.25) is 11.8 Å². The van der Waals surface area contributed by atoms with Crippen molar-refractivity contribution in [2.45, 2.75) is 97.1 Å². The second-order valence-corrected chi connectivity index (χ2v) is 18.0. The van der Waals surface area contributed by atoms with Crippen molar-refractivity contribution < 1.29 is 28.7 Å². The van der Waals surface area contributed by atoms with Gasteiger partial charge >= 0.3 is 0 Å². The normalized spacial score (nSPS) is 25.4. The SMILES string of the molecule is CC1(C)C(Oc2ccc(C#N)c(Cl)c2)C(C)(C)C1N1Cc2cc(N3CCC(N4CCc5cc6c(cc5C4)C(=O)N(C4CCC(=O)NC4=O)C6=O)CC3)ccc2C1=O. The summed E-state index contributed by atoms with van der Waals surface area (Å²) in [6.07, 6.45) is 2.76. The van der Waals surface area contributed by atoms with Gasteiger partial charge in [-0.15, -0.1) is 0 Å². The number of carbonyl (C=O) groups is 5. The molecule has 2 saturated heterocycles. The van der Waals surface area contributed by atoms with E-state index in [9.17, 15) is 29.2 Å². The molecule has 0 aromatic heterocycles. The fourth-order valence-electron chi connectivity index (χ4n) is 11.1. The Morgan fingerprint density at radius 1 is 0.772 bits per heavy atom. The molecule has 5 amide bonds. The van der Waals surface area contributed by atoms with Crippen molar-refractivity contribution >= 4 is 46.8 Å². The highest BCUT2D eigenvalue weighted by Gasteiger charge is 2.67. The highest BCUT2D eigenvalue weighted by molar-refractivity contribution is 6.31. The van der Waals surface area contributed by atoms with Crippen LogP contribution in [0.25, 0.3) is 0 Å². The van der Waals surface area contributed by atoms with E-state index >= 15 is 0 Å². The van der Waals surface area contributed by atoms with Crippen LogP contribution in [0.1, 0.15) is 107 Å². The number of rotatable bonds is 6. The molecule has 0 radical (unpaired) electrons. The first kappa shape index (κ1) is 37.3. The van der Waals surface area contributed by atoms with Gasteiger partial charge < -0.3 is 14.5 Å². The van der Waals surface area contributed by atoms with E-state index in [4.69, 9.17) is 16.3 Å². The molecule has 5 heterocycles. The van der Waals surface area contributed by atoms with Crippen molar-refractivity contribution in [3.8, 4) is 11.8 Å². The highest BCUT2D eigenvalue weighted by atomic mass is 35.5. The lowest BCUT2D eigenvalue weighted by Crippen LogP contribution is -2.74. The van der Waals surface area contributed by atoms with Crippen molar-refractivity contribution in [3.63, 3.8) is 0 Å². The Labute approximate surface area is 336 Å². The van der Waals surface area contributed by atoms with E-state index in [2.05, 4.69) is 61.0 Å². The Bertz CT molecular complexity index is 2310. The molecule has 1 atom stereocenters. The third-order valence-electron chi connectivity index (χ3n) is 13.5. The van der Waals surface area contributed by atoms with Crippen LogP contribution in [0, 0.1) is 22.2 Å². The third kappa shape index (κ3) is 5.92. The number of carbonyl (C=O) groups excluding carboxylic acids is 5. The molecule has 1 N–H and O–H groups in total. The van der Waals surface area contributed by atoms with Crippen molar-refractivity contribution in [1.82, 2.24) is 20.0 Å². The summed E-state index contributed by atoms with van der Waals surface area (Å²) in [6, 6.07) is 16.5. The number of ether oxygens (including phenoxy) is 1. The van der Waals surface area contributed by atoms with E-state index in [0.717, 1.165) is 71.7 Å². The second kappa shape index (κ2) is 13.4. The number of hydrogen-bond acceptors (Lipinski definition) is 9. The zero-order chi connectivity index (χ0) is 40.1. The van der Waals surface area contributed by atoms with Gasteiger partial charge in [0.15, 0.2) is 0 Å². The number of nitrogens with one attached hydrogen (secondary N) is 1. The molecule has 3 aromatic carbocycles. The van der Waals surface area contributed by atoms with E-state index < -0.39 is 29.7 Å². The molecular formula is C44H45ClN6O6. The fraction of sp³-hybridized carbons (Fsp3) is 0.455. The molecule has 12 nitrogen and oxygen atoms in total. The molecule has 1 unspecified atom stereocenters. The van der Waals surface area contributed by atoms with Crippen LogP contribution < -0.4 is 15.0 Å². The van der Waals surface area contributed by atoms with Crippen LogP contribution in [0.5, 0.6) is 5.75 Å². The van der Waals surface area contributed by atoms with Crippen molar-refractivity contribution in [2.75, 3.05) is 24.5 Å². The second-order valence-electron chi connectivity index (χ2n) is 17.6. The number of amides is 5. The van der Waals surface area contributed by atoms with E-state index in [1.165, 1.54) is 0 Å². The summed E-state index contributed by atoms with van der Waals surface area (Å²) in [5.74, 6) is -1.28. The van der Waals surface area contributed by atoms with Gasteiger partial charge in [0.25, 0.3) is 17.7 Å². The number of anilines is 1. The van der Waals surface area contributed by atoms with Gasteiger partial charge in [-0.25, -0.2) is 0 Å². The first-order chi connectivity index (χ1) is 27.2. The number of benzene rings is 3. The van der Waals surface area contributed by atoms with Crippen LogP contribution in [-0.2, 0) is 29.1 Å². The number of hydrogen-bond donors (Lipinski definition) is 1. The predicted octanol–water partition coefficient (Wildman–Crippen LogP) is 5.48. The zero-order valence-corrected chi connectivity index (χ0v) is 33.3. The van der Waals surface area contributed by atoms with Crippen LogP contribution in [0.15, 0.2) is 48.5 Å². The molecule has 57 heavy (non-hydrogen) atoms. The van der Waals surface area contributed by atoms with Crippen molar-refractivity contribution in [2.24, 2.45) is 10.8 Å². The lowest BCUT2D eigenvalue weighted by Gasteiger charge is -2.65. The van der Waals surface area contributed by atoms with E-state index in [-0.39, 0.29) is 41.7 Å². The number of halogens is 1. The van der Waals surface area contributed by atoms with Gasteiger partial charge in [-0.3, -0.25) is 39.1 Å². The van der Waals surface area contributed by atoms with Crippen LogP contribution >= 0.6 is 11.6 Å². The molecule has 13 heteroatoms. The summed E-state index contributed by atoms with van der Waals surface area (Å²) in [6.45, 7) is 12.4. The average Bonchev–Trinajstić information content (AvgIpc) is 3.62. The molecule has 3 aromatic rings. The summed E-state index contributed by atoms with van der Waals surface area (Å²) < 4.78 is 6.50. The maximum Gasteiger partial charge on any atom is 0.262 e. The van der Waals surface area contributed by atoms with Gasteiger partial charge in [0, 0.05) is 79.4 Å². The highest BCUT2D eigenvalue weighted by Crippen LogP contribution is 2.59. The zero-order valence-electron chi connectivity index (χ0n) is 32.6. The molecule has 1 aliphatic carbocycles. The molecule has 1 saturated carbocycles. The average molecular weight is 789 g/mol. The molecule has 6 aliphatic rings. The molecule has 3 fully saturated rings. The van der Waals surface area contributed by atoms with Crippen molar-refractivity contribution in [1.29, 1.82) is 5.26 Å². The molecule has 0 bridgehead atoms. The molecule has 5 aliphatic heterocycles. The molecule has 9 rings (SSSR count). The van der Waals surface area contributed by atoms with Crippen molar-refractivity contribution in [3.05, 3.63) is 92.5 Å². The maximum atomic E-state index is 13.9. The van der Waals surface area contributed by atoms with Gasteiger partial charge in [-0.05, 0) is 84.8 Å². The minimum atomic E-state index is -0.975. The lowest BCUT2D eigenvalue weighted by molar-refractivity contribution is -0.199. The Kier molecular flexibility index (Phi) is 8.79. The Morgan fingerprint density at radius 2 is 1.47 bits per heavy atom. The number of nitriles is 1. The fourth-order valence-corrected chi connectivity index (χ4v) is 11.3. The first-order valence-corrected chi connectivity index (χ1v) is 20.2. The number of piperidine rings is 2. The quantitative estimate of drug-likeness (QED) is 0.322. The summed E-state index contributed by atoms with van der Waals surface area (Å²) in [5, 5.41) is 11.9. The summed E-state index contributed by atoms with van der Waals surface area (Å²) in [4.78, 5) is 72.9. The van der Waals surface area contributed by atoms with Crippen LogP contribution in [-0.4, -0.2) is 88.1 Å². The molecule has 294 valence electrons. The number of fused-ring (bicyclic) bond motifs is 3. The summed E-state index contributed by atoms with van der Waals surface area (Å²) >= 11 is 6.30. The Morgan fingerprint density at radius 3 is 2.14 bits per heavy atom. The maximum absolute atomic E-state index is 13.9. The largest absolute Gasteiger partial charge is 0.489 e. The Balaban J connectivity index is 0.834. The first-order valence-electron chi connectivity index (χ1n) is 19.8. The summed E-state index contributed by atoms with van der Waals surface area (Å²) in [5.41, 5.74) is 5.40. The van der Waals surface area contributed by atoms with Gasteiger partial charge in [-0.1, -0.05) is 39.3 Å². The van der Waals surface area contributed by atoms with E-state index in [0.29, 0.717) is 46.6 Å². The molecule has 0 spiro atoms. The molecular weight excluding hydrogens is 744 g/mol. The topological polar surface area (TPSA) is 143 Å². The standard InChI is InChI=1S/C44H45ClN6O6/c1-43(2)41(44(3,4)42(43)57-30-7-5-25(21-46)34(45)20-30)50-23-27-17-29(6-8-31(27)38(50)54)48-15-12-28(13-16-48)49-14-11-24-18-32-33(19-26(24)22-49)40(56)51(39(32)55)35-9-10-36(52)47-37(35)53/h5-8,17-20,28,35,41-42H,9-16,22-23H2,1-4H3,(H,47,52,53). The number of imide groups is 2. The monoisotopic (exact) mass is 788 g/mol. The third-order valence-corrected chi connectivity index (χ3v) is 13.8.